The molecular formula is C14H20O. The first-order chi connectivity index (χ1) is 7.01. The Bertz CT molecular complexity index is 303. The van der Waals surface area contributed by atoms with E-state index >= 15 is 0 Å². The van der Waals surface area contributed by atoms with E-state index in [-0.39, 0.29) is 0 Å². The van der Waals surface area contributed by atoms with Crippen molar-refractivity contribution in [3.05, 3.63) is 48.0 Å². The zero-order chi connectivity index (χ0) is 11.3. The maximum absolute atomic E-state index is 9.60. The lowest BCUT2D eigenvalue weighted by atomic mass is 9.98. The van der Waals surface area contributed by atoms with Crippen molar-refractivity contribution >= 4 is 0 Å². The summed E-state index contributed by atoms with van der Waals surface area (Å²) in [7, 11) is 0. The Morgan fingerprint density at radius 3 is 2.20 bits per heavy atom. The standard InChI is InChI=1S/C14H20O/c1-4-5-12-6-8-13(9-7-12)10-11-14(2,3)15/h4,6-9,15H,1,5,10-11H2,2-3H3. The van der Waals surface area contributed by atoms with Gasteiger partial charge < -0.3 is 5.11 Å². The summed E-state index contributed by atoms with van der Waals surface area (Å²) in [6, 6.07) is 8.51. The first kappa shape index (κ1) is 12.0. The normalized spacial score (nSPS) is 11.4. The molecule has 0 spiro atoms. The van der Waals surface area contributed by atoms with E-state index in [1.54, 1.807) is 0 Å². The second kappa shape index (κ2) is 5.13. The number of benzene rings is 1. The molecule has 0 atom stereocenters. The summed E-state index contributed by atoms with van der Waals surface area (Å²) in [4.78, 5) is 0. The van der Waals surface area contributed by atoms with E-state index in [4.69, 9.17) is 0 Å². The molecule has 0 saturated carbocycles. The van der Waals surface area contributed by atoms with Crippen molar-refractivity contribution in [2.45, 2.75) is 38.7 Å². The lowest BCUT2D eigenvalue weighted by Crippen LogP contribution is -2.19. The van der Waals surface area contributed by atoms with Gasteiger partial charge in [0.05, 0.1) is 5.60 Å². The van der Waals surface area contributed by atoms with Crippen molar-refractivity contribution in [1.29, 1.82) is 0 Å². The SMILES string of the molecule is C=CCc1ccc(CCC(C)(C)O)cc1. The summed E-state index contributed by atoms with van der Waals surface area (Å²) in [5.41, 5.74) is 2.00. The predicted octanol–water partition coefficient (Wildman–Crippen LogP) is 3.12. The molecule has 0 fully saturated rings. The molecule has 1 nitrogen and oxygen atoms in total. The summed E-state index contributed by atoms with van der Waals surface area (Å²) >= 11 is 0. The predicted molar refractivity (Wildman–Crippen MR) is 65.0 cm³/mol. The van der Waals surface area contributed by atoms with Crippen LogP contribution < -0.4 is 0 Å². The number of aryl methyl sites for hydroxylation is 1. The Hall–Kier alpha value is -1.08. The van der Waals surface area contributed by atoms with Gasteiger partial charge in [0, 0.05) is 0 Å². The van der Waals surface area contributed by atoms with Gasteiger partial charge in [0.15, 0.2) is 0 Å². The second-order valence-electron chi connectivity index (χ2n) is 4.62. The molecule has 0 saturated heterocycles. The molecule has 0 aliphatic heterocycles. The lowest BCUT2D eigenvalue weighted by Gasteiger charge is -2.16. The Kier molecular flexibility index (Phi) is 4.10. The summed E-state index contributed by atoms with van der Waals surface area (Å²) in [6.07, 6.45) is 4.56. The molecule has 1 aromatic carbocycles. The largest absolute Gasteiger partial charge is 0.390 e. The first-order valence-electron chi connectivity index (χ1n) is 5.42. The average Bonchev–Trinajstić information content (AvgIpc) is 2.16. The molecule has 0 aliphatic carbocycles. The molecular weight excluding hydrogens is 184 g/mol. The van der Waals surface area contributed by atoms with Gasteiger partial charge >= 0.3 is 0 Å². The molecule has 0 radical (unpaired) electrons. The monoisotopic (exact) mass is 204 g/mol. The summed E-state index contributed by atoms with van der Waals surface area (Å²) in [5.74, 6) is 0. The fraction of sp³-hybridized carbons (Fsp3) is 0.429. The summed E-state index contributed by atoms with van der Waals surface area (Å²) in [6.45, 7) is 7.41. The molecule has 82 valence electrons. The molecule has 1 rings (SSSR count). The van der Waals surface area contributed by atoms with Crippen LogP contribution in [0.3, 0.4) is 0 Å². The van der Waals surface area contributed by atoms with Crippen molar-refractivity contribution in [3.8, 4) is 0 Å². The first-order valence-corrected chi connectivity index (χ1v) is 5.42. The minimum Gasteiger partial charge on any atom is -0.390 e. The molecule has 1 N–H and O–H groups in total. The Morgan fingerprint density at radius 1 is 1.20 bits per heavy atom. The second-order valence-corrected chi connectivity index (χ2v) is 4.62. The molecule has 0 aromatic heterocycles. The van der Waals surface area contributed by atoms with E-state index in [0.717, 1.165) is 19.3 Å². The summed E-state index contributed by atoms with van der Waals surface area (Å²) in [5, 5.41) is 9.60. The number of rotatable bonds is 5. The lowest BCUT2D eigenvalue weighted by molar-refractivity contribution is 0.0714. The Morgan fingerprint density at radius 2 is 1.73 bits per heavy atom. The quantitative estimate of drug-likeness (QED) is 0.731. The van der Waals surface area contributed by atoms with Gasteiger partial charge in [-0.25, -0.2) is 0 Å². The minimum atomic E-state index is -0.570. The van der Waals surface area contributed by atoms with Crippen LogP contribution in [0.5, 0.6) is 0 Å². The van der Waals surface area contributed by atoms with Crippen LogP contribution in [0, 0.1) is 0 Å². The Labute approximate surface area is 92.5 Å². The number of aliphatic hydroxyl groups is 1. The molecule has 0 amide bonds. The number of allylic oxidation sites excluding steroid dienone is 1. The molecule has 0 aliphatic rings. The summed E-state index contributed by atoms with van der Waals surface area (Å²) < 4.78 is 0. The van der Waals surface area contributed by atoms with Gasteiger partial charge in [-0.15, -0.1) is 6.58 Å². The van der Waals surface area contributed by atoms with E-state index in [9.17, 15) is 5.11 Å². The van der Waals surface area contributed by atoms with Gasteiger partial charge in [0.25, 0.3) is 0 Å². The van der Waals surface area contributed by atoms with Gasteiger partial charge in [-0.3, -0.25) is 0 Å². The van der Waals surface area contributed by atoms with Crippen molar-refractivity contribution in [1.82, 2.24) is 0 Å². The van der Waals surface area contributed by atoms with E-state index < -0.39 is 5.60 Å². The van der Waals surface area contributed by atoms with Gasteiger partial charge in [-0.05, 0) is 44.2 Å². The molecule has 0 bridgehead atoms. The maximum atomic E-state index is 9.60. The van der Waals surface area contributed by atoms with Crippen LogP contribution in [0.2, 0.25) is 0 Å². The van der Waals surface area contributed by atoms with Gasteiger partial charge in [-0.2, -0.15) is 0 Å². The van der Waals surface area contributed by atoms with Crippen molar-refractivity contribution < 1.29 is 5.11 Å². The highest BCUT2D eigenvalue weighted by Gasteiger charge is 2.11. The third kappa shape index (κ3) is 4.80. The van der Waals surface area contributed by atoms with Crippen molar-refractivity contribution in [2.24, 2.45) is 0 Å². The highest BCUT2D eigenvalue weighted by molar-refractivity contribution is 5.24. The van der Waals surface area contributed by atoms with E-state index in [0.29, 0.717) is 0 Å². The van der Waals surface area contributed by atoms with Crippen LogP contribution in [0.15, 0.2) is 36.9 Å². The number of hydrogen-bond acceptors (Lipinski definition) is 1. The van der Waals surface area contributed by atoms with Crippen LogP contribution in [-0.2, 0) is 12.8 Å². The van der Waals surface area contributed by atoms with E-state index in [1.807, 2.05) is 19.9 Å². The van der Waals surface area contributed by atoms with Gasteiger partial charge in [-0.1, -0.05) is 30.3 Å². The van der Waals surface area contributed by atoms with Gasteiger partial charge in [0.1, 0.15) is 0 Å². The highest BCUT2D eigenvalue weighted by Crippen LogP contribution is 2.14. The third-order valence-corrected chi connectivity index (χ3v) is 2.43. The maximum Gasteiger partial charge on any atom is 0.0594 e. The van der Waals surface area contributed by atoms with E-state index in [2.05, 4.69) is 30.8 Å². The smallest absolute Gasteiger partial charge is 0.0594 e. The van der Waals surface area contributed by atoms with Crippen molar-refractivity contribution in [3.63, 3.8) is 0 Å². The molecule has 0 unspecified atom stereocenters. The van der Waals surface area contributed by atoms with E-state index in [1.165, 1.54) is 11.1 Å². The van der Waals surface area contributed by atoms with Crippen LogP contribution in [0.1, 0.15) is 31.4 Å². The van der Waals surface area contributed by atoms with Crippen LogP contribution in [-0.4, -0.2) is 10.7 Å². The molecule has 15 heavy (non-hydrogen) atoms. The van der Waals surface area contributed by atoms with Crippen LogP contribution in [0.25, 0.3) is 0 Å². The fourth-order valence-corrected chi connectivity index (χ4v) is 1.46. The van der Waals surface area contributed by atoms with Crippen LogP contribution in [0.4, 0.5) is 0 Å². The average molecular weight is 204 g/mol. The molecule has 0 heterocycles. The fourth-order valence-electron chi connectivity index (χ4n) is 1.46. The zero-order valence-corrected chi connectivity index (χ0v) is 9.66. The third-order valence-electron chi connectivity index (χ3n) is 2.43. The number of hydrogen-bond donors (Lipinski definition) is 1. The highest BCUT2D eigenvalue weighted by atomic mass is 16.3. The molecule has 1 aromatic rings. The topological polar surface area (TPSA) is 20.2 Å². The van der Waals surface area contributed by atoms with Gasteiger partial charge in [0.2, 0.25) is 0 Å². The zero-order valence-electron chi connectivity index (χ0n) is 9.66. The Balaban J connectivity index is 2.53. The van der Waals surface area contributed by atoms with Crippen molar-refractivity contribution in [2.75, 3.05) is 0 Å². The molecule has 1 heteroatoms. The van der Waals surface area contributed by atoms with Crippen LogP contribution >= 0.6 is 0 Å². The minimum absolute atomic E-state index is 0.570.